The van der Waals surface area contributed by atoms with Crippen LogP contribution < -0.4 is 5.69 Å². The number of aliphatic hydroxyl groups is 1. The average Bonchev–Trinajstić information content (AvgIpc) is 3.53. The van der Waals surface area contributed by atoms with Crippen molar-refractivity contribution in [3.63, 3.8) is 0 Å². The van der Waals surface area contributed by atoms with Gasteiger partial charge in [0.15, 0.2) is 17.8 Å². The Labute approximate surface area is 230 Å². The third-order valence-corrected chi connectivity index (χ3v) is 6.57. The quantitative estimate of drug-likeness (QED) is 0.340. The molecule has 2 aromatic heterocycles. The molecule has 40 heavy (non-hydrogen) atoms. The lowest BCUT2D eigenvalue weighted by atomic mass is 10.1. The van der Waals surface area contributed by atoms with Crippen molar-refractivity contribution >= 4 is 17.5 Å². The Morgan fingerprint density at radius 1 is 1.07 bits per heavy atom. The fourth-order valence-electron chi connectivity index (χ4n) is 4.27. The van der Waals surface area contributed by atoms with E-state index >= 15 is 0 Å². The highest BCUT2D eigenvalue weighted by atomic mass is 35.5. The minimum absolute atomic E-state index is 0.0871. The predicted octanol–water partition coefficient (Wildman–Crippen LogP) is 3.32. The van der Waals surface area contributed by atoms with Crippen molar-refractivity contribution in [3.8, 4) is 17.1 Å². The van der Waals surface area contributed by atoms with E-state index in [1.54, 1.807) is 29.2 Å². The van der Waals surface area contributed by atoms with Gasteiger partial charge in [-0.15, -0.1) is 10.2 Å². The molecular weight excluding hydrogens is 551 g/mol. The standard InChI is InChI=1S/C26H23ClF3N7O3/c27-18-10-8-17(9-11-18)23-33-36(25(40)35(23)14-21(38)26(28,29)30)15-22-31-16-37(32-22)20-7-3-2-6-19(20)24(39)34-12-4-1-5-13-34/h1-4,6-11,16,21,38H,5,12-15H2. The van der Waals surface area contributed by atoms with Gasteiger partial charge in [-0.05, 0) is 42.8 Å². The second-order valence-electron chi connectivity index (χ2n) is 9.07. The van der Waals surface area contributed by atoms with E-state index in [2.05, 4.69) is 15.2 Å². The molecule has 5 rings (SSSR count). The van der Waals surface area contributed by atoms with Crippen LogP contribution in [0.25, 0.3) is 17.1 Å². The first kappa shape index (κ1) is 27.3. The summed E-state index contributed by atoms with van der Waals surface area (Å²) in [6, 6.07) is 12.9. The number of hydrogen-bond acceptors (Lipinski definition) is 6. The van der Waals surface area contributed by atoms with Crippen molar-refractivity contribution in [2.45, 2.75) is 31.8 Å². The number of nitrogens with zero attached hydrogens (tertiary/aromatic N) is 7. The molecule has 10 nitrogen and oxygen atoms in total. The third-order valence-electron chi connectivity index (χ3n) is 6.32. The molecule has 0 spiro atoms. The number of hydrogen-bond donors (Lipinski definition) is 1. The highest BCUT2D eigenvalue weighted by molar-refractivity contribution is 6.30. The van der Waals surface area contributed by atoms with Crippen molar-refractivity contribution in [1.82, 2.24) is 34.0 Å². The van der Waals surface area contributed by atoms with E-state index in [4.69, 9.17) is 11.6 Å². The Morgan fingerprint density at radius 2 is 1.82 bits per heavy atom. The molecule has 0 saturated carbocycles. The number of halogens is 4. The number of benzene rings is 2. The molecule has 0 bridgehead atoms. The zero-order valence-corrected chi connectivity index (χ0v) is 21.6. The van der Waals surface area contributed by atoms with Gasteiger partial charge in [0.1, 0.15) is 12.9 Å². The van der Waals surface area contributed by atoms with Gasteiger partial charge in [0.25, 0.3) is 5.91 Å². The van der Waals surface area contributed by atoms with Crippen molar-refractivity contribution in [3.05, 3.63) is 93.9 Å². The molecule has 1 aliphatic rings. The number of carbonyl (C=O) groups is 1. The summed E-state index contributed by atoms with van der Waals surface area (Å²) in [4.78, 5) is 32.2. The Kier molecular flexibility index (Phi) is 7.59. The van der Waals surface area contributed by atoms with Crippen LogP contribution in [0.1, 0.15) is 22.6 Å². The maximum atomic E-state index is 13.2. The van der Waals surface area contributed by atoms with E-state index in [9.17, 15) is 27.9 Å². The number of aliphatic hydroxyl groups excluding tert-OH is 1. The van der Waals surface area contributed by atoms with E-state index < -0.39 is 24.5 Å². The molecule has 2 aromatic carbocycles. The Morgan fingerprint density at radius 3 is 2.52 bits per heavy atom. The van der Waals surface area contributed by atoms with E-state index in [-0.39, 0.29) is 24.1 Å². The van der Waals surface area contributed by atoms with Crippen LogP contribution in [-0.4, -0.2) is 70.4 Å². The molecule has 1 atom stereocenters. The molecule has 208 valence electrons. The number of aromatic nitrogens is 6. The maximum Gasteiger partial charge on any atom is 0.416 e. The molecule has 1 amide bonds. The molecule has 4 aromatic rings. The molecular formula is C26H23ClF3N7O3. The Balaban J connectivity index is 1.46. The van der Waals surface area contributed by atoms with E-state index in [1.165, 1.54) is 35.3 Å². The lowest BCUT2D eigenvalue weighted by Crippen LogP contribution is -2.37. The summed E-state index contributed by atoms with van der Waals surface area (Å²) in [5, 5.41) is 18.7. The van der Waals surface area contributed by atoms with Crippen LogP contribution in [-0.2, 0) is 13.1 Å². The fraction of sp³-hybridized carbons (Fsp3) is 0.269. The van der Waals surface area contributed by atoms with Crippen molar-refractivity contribution in [2.75, 3.05) is 13.1 Å². The van der Waals surface area contributed by atoms with Gasteiger partial charge in [0.05, 0.1) is 17.8 Å². The SMILES string of the molecule is O=C(c1ccccc1-n1cnc(Cn2nc(-c3ccc(Cl)cc3)n(CC(O)C(F)(F)F)c2=O)n1)N1CC=CCC1. The van der Waals surface area contributed by atoms with Crippen LogP contribution >= 0.6 is 11.6 Å². The van der Waals surface area contributed by atoms with Crippen LogP contribution in [0.15, 0.2) is 71.8 Å². The minimum atomic E-state index is -4.94. The van der Waals surface area contributed by atoms with Crippen molar-refractivity contribution < 1.29 is 23.1 Å². The predicted molar refractivity (Wildman–Crippen MR) is 139 cm³/mol. The first-order valence-electron chi connectivity index (χ1n) is 12.2. The summed E-state index contributed by atoms with van der Waals surface area (Å²) in [6.45, 7) is -0.227. The average molecular weight is 574 g/mol. The second-order valence-corrected chi connectivity index (χ2v) is 9.51. The molecule has 0 fully saturated rings. The zero-order valence-electron chi connectivity index (χ0n) is 20.9. The van der Waals surface area contributed by atoms with Crippen LogP contribution in [0.4, 0.5) is 13.2 Å². The lowest BCUT2D eigenvalue weighted by molar-refractivity contribution is -0.207. The second kappa shape index (κ2) is 11.1. The molecule has 1 N–H and O–H groups in total. The topological polar surface area (TPSA) is 111 Å². The van der Waals surface area contributed by atoms with Gasteiger partial charge < -0.3 is 10.0 Å². The van der Waals surface area contributed by atoms with Gasteiger partial charge in [-0.25, -0.2) is 19.1 Å². The van der Waals surface area contributed by atoms with E-state index in [0.717, 1.165) is 15.7 Å². The lowest BCUT2D eigenvalue weighted by Gasteiger charge is -2.24. The van der Waals surface area contributed by atoms with Crippen molar-refractivity contribution in [1.29, 1.82) is 0 Å². The van der Waals surface area contributed by atoms with Crippen LogP contribution in [0.3, 0.4) is 0 Å². The van der Waals surface area contributed by atoms with Gasteiger partial charge in [0, 0.05) is 23.7 Å². The highest BCUT2D eigenvalue weighted by Gasteiger charge is 2.39. The number of amides is 1. The Hall–Kier alpha value is -4.23. The number of carbonyl (C=O) groups excluding carboxylic acids is 1. The monoisotopic (exact) mass is 573 g/mol. The summed E-state index contributed by atoms with van der Waals surface area (Å²) < 4.78 is 42.4. The number of alkyl halides is 3. The fourth-order valence-corrected chi connectivity index (χ4v) is 4.39. The summed E-state index contributed by atoms with van der Waals surface area (Å²) in [7, 11) is 0. The molecule has 0 aliphatic carbocycles. The van der Waals surface area contributed by atoms with Gasteiger partial charge >= 0.3 is 11.9 Å². The van der Waals surface area contributed by atoms with Gasteiger partial charge in [0.2, 0.25) is 0 Å². The zero-order chi connectivity index (χ0) is 28.4. The van der Waals surface area contributed by atoms with Crippen LogP contribution in [0, 0.1) is 0 Å². The van der Waals surface area contributed by atoms with Crippen LogP contribution in [0.5, 0.6) is 0 Å². The first-order chi connectivity index (χ1) is 19.1. The third kappa shape index (κ3) is 5.70. The normalized spacial score (nSPS) is 14.5. The first-order valence-corrected chi connectivity index (χ1v) is 12.6. The number of para-hydroxylation sites is 1. The molecule has 14 heteroatoms. The molecule has 0 saturated heterocycles. The maximum absolute atomic E-state index is 13.2. The molecule has 3 heterocycles. The smallest absolute Gasteiger partial charge is 0.382 e. The Bertz CT molecular complexity index is 1610. The van der Waals surface area contributed by atoms with Crippen molar-refractivity contribution in [2.24, 2.45) is 0 Å². The van der Waals surface area contributed by atoms with E-state index in [1.807, 2.05) is 12.2 Å². The molecule has 1 aliphatic heterocycles. The van der Waals surface area contributed by atoms with Gasteiger partial charge in [-0.1, -0.05) is 35.9 Å². The van der Waals surface area contributed by atoms with E-state index in [0.29, 0.717) is 34.9 Å². The summed E-state index contributed by atoms with van der Waals surface area (Å²) >= 11 is 5.93. The van der Waals surface area contributed by atoms with Crippen LogP contribution in [0.2, 0.25) is 5.02 Å². The minimum Gasteiger partial charge on any atom is -0.382 e. The highest BCUT2D eigenvalue weighted by Crippen LogP contribution is 2.24. The molecule has 1 unspecified atom stereocenters. The summed E-state index contributed by atoms with van der Waals surface area (Å²) in [5.74, 6) is -0.118. The number of rotatable bonds is 7. The largest absolute Gasteiger partial charge is 0.416 e. The summed E-state index contributed by atoms with van der Waals surface area (Å²) in [5.41, 5.74) is 0.335. The van der Waals surface area contributed by atoms with Gasteiger partial charge in [-0.2, -0.15) is 13.2 Å². The van der Waals surface area contributed by atoms with Gasteiger partial charge in [-0.3, -0.25) is 9.36 Å². The summed E-state index contributed by atoms with van der Waals surface area (Å²) in [6.07, 6.45) is -1.62. The molecule has 0 radical (unpaired) electrons.